The maximum Gasteiger partial charge on any atom is 0.328 e. The fraction of sp³-hybridized carbons (Fsp3) is 0.862. The van der Waals surface area contributed by atoms with Gasteiger partial charge in [-0.15, -0.1) is 0 Å². The molecule has 0 bridgehead atoms. The summed E-state index contributed by atoms with van der Waals surface area (Å²) in [6.07, 6.45) is 11.8. The number of unbranched alkanes of at least 4 members (excludes halogenated alkanes) is 8. The lowest BCUT2D eigenvalue weighted by molar-refractivity contribution is -0.145. The molecule has 2 unspecified atom stereocenters. The van der Waals surface area contributed by atoms with E-state index in [1.165, 1.54) is 28.7 Å². The smallest absolute Gasteiger partial charge is 0.328 e. The molecule has 3 N–H and O–H groups in total. The second kappa shape index (κ2) is 26.2. The molecule has 0 aromatic heterocycles. The average molecular weight is 621 g/mol. The normalized spacial score (nSPS) is 12.8. The number of ether oxygens (including phenoxy) is 1. The molecule has 0 saturated carbocycles. The predicted octanol–water partition coefficient (Wildman–Crippen LogP) is 4.18. The molecule has 41 heavy (non-hydrogen) atoms. The van der Waals surface area contributed by atoms with E-state index in [9.17, 15) is 24.3 Å². The van der Waals surface area contributed by atoms with Gasteiger partial charge in [0, 0.05) is 24.3 Å². The molecule has 0 rings (SSSR count). The molecule has 240 valence electrons. The summed E-state index contributed by atoms with van der Waals surface area (Å²) in [6.45, 7) is 2.14. The molecule has 10 nitrogen and oxygen atoms in total. The molecule has 2 amide bonds. The first-order chi connectivity index (χ1) is 19.6. The van der Waals surface area contributed by atoms with Crippen LogP contribution in [0.25, 0.3) is 0 Å². The van der Waals surface area contributed by atoms with E-state index >= 15 is 0 Å². The van der Waals surface area contributed by atoms with E-state index in [4.69, 9.17) is 4.74 Å². The number of esters is 1. The van der Waals surface area contributed by atoms with E-state index in [0.29, 0.717) is 37.2 Å². The van der Waals surface area contributed by atoms with Crippen LogP contribution in [0.4, 0.5) is 0 Å². The number of aliphatic carboxylic acids is 1. The summed E-state index contributed by atoms with van der Waals surface area (Å²) >= 11 is 0. The van der Waals surface area contributed by atoms with Crippen molar-refractivity contribution in [3.05, 3.63) is 0 Å². The highest BCUT2D eigenvalue weighted by atomic mass is 33.1. The number of carboxylic acid groups (broad SMARTS) is 1. The van der Waals surface area contributed by atoms with Gasteiger partial charge in [-0.2, -0.15) is 0 Å². The van der Waals surface area contributed by atoms with E-state index in [-0.39, 0.29) is 11.8 Å². The van der Waals surface area contributed by atoms with Crippen LogP contribution in [0.5, 0.6) is 0 Å². The zero-order valence-corrected chi connectivity index (χ0v) is 27.7. The Labute approximate surface area is 256 Å². The van der Waals surface area contributed by atoms with E-state index in [2.05, 4.69) is 48.6 Å². The van der Waals surface area contributed by atoms with Crippen LogP contribution in [0, 0.1) is 0 Å². The predicted molar refractivity (Wildman–Crippen MR) is 170 cm³/mol. The van der Waals surface area contributed by atoms with Gasteiger partial charge in [0.05, 0.1) is 7.11 Å². The standard InChI is InChI=1S/C29H56N4O6S2/c1-32(2)20-14-10-6-8-12-16-26(34)30-24(28(36)37)18-22-40-41-23-19-25(29(38)39-5)31-27(35)17-13-9-7-11-15-21-33(3)4/h24-25H,6-23H2,1-5H3,(H,30,34)(H,31,35)(H,36,37). The van der Waals surface area contributed by atoms with Crippen LogP contribution >= 0.6 is 21.6 Å². The highest BCUT2D eigenvalue weighted by Gasteiger charge is 2.22. The van der Waals surface area contributed by atoms with Crippen molar-refractivity contribution in [1.29, 1.82) is 0 Å². The van der Waals surface area contributed by atoms with Gasteiger partial charge in [0.1, 0.15) is 12.1 Å². The molecular weight excluding hydrogens is 564 g/mol. The van der Waals surface area contributed by atoms with E-state index in [1.54, 1.807) is 0 Å². The zero-order chi connectivity index (χ0) is 30.9. The molecule has 0 aromatic carbocycles. The zero-order valence-electron chi connectivity index (χ0n) is 26.1. The lowest BCUT2D eigenvalue weighted by Crippen LogP contribution is -2.41. The summed E-state index contributed by atoms with van der Waals surface area (Å²) in [7, 11) is 12.6. The molecular formula is C29H56N4O6S2. The van der Waals surface area contributed by atoms with E-state index < -0.39 is 24.0 Å². The first kappa shape index (κ1) is 39.5. The van der Waals surface area contributed by atoms with Gasteiger partial charge < -0.3 is 30.3 Å². The molecule has 0 heterocycles. The van der Waals surface area contributed by atoms with Crippen LogP contribution in [0.15, 0.2) is 0 Å². The molecule has 2 atom stereocenters. The largest absolute Gasteiger partial charge is 0.480 e. The van der Waals surface area contributed by atoms with Crippen molar-refractivity contribution in [2.45, 2.75) is 102 Å². The number of rotatable bonds is 27. The Kier molecular flexibility index (Phi) is 25.2. The Morgan fingerprint density at radius 3 is 1.46 bits per heavy atom. The van der Waals surface area contributed by atoms with Crippen LogP contribution in [-0.4, -0.2) is 111 Å². The van der Waals surface area contributed by atoms with Gasteiger partial charge in [0.15, 0.2) is 0 Å². The molecule has 12 heteroatoms. The average Bonchev–Trinajstić information content (AvgIpc) is 2.91. The minimum Gasteiger partial charge on any atom is -0.480 e. The number of amides is 2. The number of carbonyl (C=O) groups is 4. The summed E-state index contributed by atoms with van der Waals surface area (Å²) in [5.41, 5.74) is 0. The monoisotopic (exact) mass is 620 g/mol. The van der Waals surface area contributed by atoms with E-state index in [1.807, 2.05) is 0 Å². The molecule has 0 aliphatic carbocycles. The van der Waals surface area contributed by atoms with Gasteiger partial charge in [0.2, 0.25) is 11.8 Å². The summed E-state index contributed by atoms with van der Waals surface area (Å²) < 4.78 is 4.86. The minimum absolute atomic E-state index is 0.143. The van der Waals surface area contributed by atoms with Gasteiger partial charge in [-0.25, -0.2) is 9.59 Å². The van der Waals surface area contributed by atoms with E-state index in [0.717, 1.165) is 77.3 Å². The Hall–Kier alpha value is -1.50. The van der Waals surface area contributed by atoms with Gasteiger partial charge in [0.25, 0.3) is 0 Å². The Bertz CT molecular complexity index is 727. The molecule has 0 aromatic rings. The summed E-state index contributed by atoms with van der Waals surface area (Å²) in [6, 6.07) is -1.61. The first-order valence-corrected chi connectivity index (χ1v) is 17.5. The molecule has 0 aliphatic heterocycles. The lowest BCUT2D eigenvalue weighted by Gasteiger charge is -2.17. The van der Waals surface area contributed by atoms with Crippen LogP contribution < -0.4 is 10.6 Å². The third-order valence-corrected chi connectivity index (χ3v) is 9.01. The van der Waals surface area contributed by atoms with Crippen LogP contribution in [-0.2, 0) is 23.9 Å². The Morgan fingerprint density at radius 2 is 1.05 bits per heavy atom. The number of nitrogens with one attached hydrogen (secondary N) is 2. The van der Waals surface area contributed by atoms with Crippen molar-refractivity contribution in [3.63, 3.8) is 0 Å². The van der Waals surface area contributed by atoms with Gasteiger partial charge in [-0.3, -0.25) is 9.59 Å². The molecule has 0 radical (unpaired) electrons. The molecule has 0 saturated heterocycles. The maximum absolute atomic E-state index is 12.3. The quantitative estimate of drug-likeness (QED) is 0.0699. The van der Waals surface area contributed by atoms with Crippen molar-refractivity contribution >= 4 is 45.3 Å². The number of hydrogen-bond acceptors (Lipinski definition) is 9. The summed E-state index contributed by atoms with van der Waals surface area (Å²) in [4.78, 5) is 52.6. The summed E-state index contributed by atoms with van der Waals surface area (Å²) in [5.74, 6) is -0.725. The van der Waals surface area contributed by atoms with Gasteiger partial charge >= 0.3 is 11.9 Å². The fourth-order valence-corrected chi connectivity index (χ4v) is 6.30. The Morgan fingerprint density at radius 1 is 0.659 bits per heavy atom. The fourth-order valence-electron chi connectivity index (χ4n) is 4.12. The van der Waals surface area contributed by atoms with Crippen molar-refractivity contribution in [2.24, 2.45) is 0 Å². The molecule has 0 spiro atoms. The SMILES string of the molecule is COC(=O)C(CCSSCCC(NC(=O)CCCCCCCN(C)C)C(=O)O)NC(=O)CCCCCCCN(C)C. The van der Waals surface area contributed by atoms with Crippen LogP contribution in [0.2, 0.25) is 0 Å². The Balaban J connectivity index is 4.14. The first-order valence-electron chi connectivity index (χ1n) is 15.0. The van der Waals surface area contributed by atoms with Crippen molar-refractivity contribution < 1.29 is 29.0 Å². The second-order valence-corrected chi connectivity index (χ2v) is 13.7. The topological polar surface area (TPSA) is 128 Å². The number of nitrogens with zero attached hydrogens (tertiary/aromatic N) is 2. The third kappa shape index (κ3) is 24.8. The number of methoxy groups -OCH3 is 1. The van der Waals surface area contributed by atoms with Crippen molar-refractivity contribution in [2.75, 3.05) is 59.9 Å². The van der Waals surface area contributed by atoms with Crippen molar-refractivity contribution in [3.8, 4) is 0 Å². The van der Waals surface area contributed by atoms with Gasteiger partial charge in [-0.05, 0) is 79.8 Å². The summed E-state index contributed by atoms with van der Waals surface area (Å²) in [5, 5.41) is 14.9. The molecule has 0 fully saturated rings. The maximum atomic E-state index is 12.3. The number of carboxylic acids is 1. The molecule has 0 aliphatic rings. The highest BCUT2D eigenvalue weighted by Crippen LogP contribution is 2.24. The van der Waals surface area contributed by atoms with Crippen LogP contribution in [0.3, 0.4) is 0 Å². The lowest BCUT2D eigenvalue weighted by atomic mass is 10.1. The minimum atomic E-state index is -1.03. The highest BCUT2D eigenvalue weighted by molar-refractivity contribution is 8.76. The number of hydrogen-bond donors (Lipinski definition) is 3. The van der Waals surface area contributed by atoms with Gasteiger partial charge in [-0.1, -0.05) is 60.1 Å². The third-order valence-electron chi connectivity index (χ3n) is 6.54. The second-order valence-electron chi connectivity index (χ2n) is 11.0. The van der Waals surface area contributed by atoms with Crippen molar-refractivity contribution in [1.82, 2.24) is 20.4 Å². The number of carbonyl (C=O) groups excluding carboxylic acids is 3. The van der Waals surface area contributed by atoms with Crippen LogP contribution in [0.1, 0.15) is 89.9 Å².